The van der Waals surface area contributed by atoms with Gasteiger partial charge in [-0.2, -0.15) is 0 Å². The molecule has 29 heavy (non-hydrogen) atoms. The van der Waals surface area contributed by atoms with Crippen LogP contribution in [0, 0.1) is 10.1 Å². The van der Waals surface area contributed by atoms with Crippen LogP contribution < -0.4 is 15.1 Å². The predicted molar refractivity (Wildman–Crippen MR) is 110 cm³/mol. The van der Waals surface area contributed by atoms with Crippen molar-refractivity contribution in [1.29, 1.82) is 0 Å². The quantitative estimate of drug-likeness (QED) is 0.351. The Labute approximate surface area is 166 Å². The summed E-state index contributed by atoms with van der Waals surface area (Å²) in [6, 6.07) is 11.9. The van der Waals surface area contributed by atoms with Gasteiger partial charge in [0.1, 0.15) is 5.69 Å². The molecule has 3 aromatic rings. The van der Waals surface area contributed by atoms with E-state index >= 15 is 0 Å². The van der Waals surface area contributed by atoms with Gasteiger partial charge in [0.2, 0.25) is 5.52 Å². The minimum atomic E-state index is -0.481. The number of benzene rings is 2. The van der Waals surface area contributed by atoms with Crippen molar-refractivity contribution >= 4 is 33.8 Å². The number of piperazine rings is 1. The first-order chi connectivity index (χ1) is 14.2. The lowest BCUT2D eigenvalue weighted by molar-refractivity contribution is -0.382. The predicted octanol–water partition coefficient (Wildman–Crippen LogP) is 2.25. The Kier molecular flexibility index (Phi) is 5.43. The van der Waals surface area contributed by atoms with Crippen molar-refractivity contribution in [2.45, 2.75) is 6.42 Å². The number of nitrogens with zero attached hydrogens (tertiary/aromatic N) is 5. The summed E-state index contributed by atoms with van der Waals surface area (Å²) >= 11 is 0. The number of aromatic nitrogens is 2. The van der Waals surface area contributed by atoms with Gasteiger partial charge >= 0.3 is 5.69 Å². The van der Waals surface area contributed by atoms with Gasteiger partial charge in [0.15, 0.2) is 5.52 Å². The van der Waals surface area contributed by atoms with Gasteiger partial charge in [0.05, 0.1) is 10.6 Å². The lowest BCUT2D eigenvalue weighted by atomic mass is 10.1. The zero-order chi connectivity index (χ0) is 20.2. The van der Waals surface area contributed by atoms with E-state index in [0.29, 0.717) is 24.2 Å². The zero-order valence-corrected chi connectivity index (χ0v) is 15.8. The maximum Gasteiger partial charge on any atom is 0.323 e. The summed E-state index contributed by atoms with van der Waals surface area (Å²) in [4.78, 5) is 15.6. The minimum Gasteiger partial charge on any atom is -0.396 e. The van der Waals surface area contributed by atoms with Crippen LogP contribution in [0.15, 0.2) is 41.0 Å². The normalized spacial score (nSPS) is 14.4. The van der Waals surface area contributed by atoms with Gasteiger partial charge in [-0.05, 0) is 34.9 Å². The molecule has 0 saturated carbocycles. The van der Waals surface area contributed by atoms with Gasteiger partial charge in [0, 0.05) is 45.0 Å². The first-order valence-corrected chi connectivity index (χ1v) is 9.52. The highest BCUT2D eigenvalue weighted by molar-refractivity contribution is 5.99. The van der Waals surface area contributed by atoms with E-state index in [2.05, 4.69) is 37.6 Å². The Bertz CT molecular complexity index is 985. The lowest BCUT2D eigenvalue weighted by Gasteiger charge is -2.37. The lowest BCUT2D eigenvalue weighted by Crippen LogP contribution is -2.46. The second kappa shape index (κ2) is 8.31. The molecule has 1 aromatic heterocycles. The molecular weight excluding hydrogens is 376 g/mol. The van der Waals surface area contributed by atoms with Crippen LogP contribution in [0.2, 0.25) is 0 Å². The number of fused-ring (bicyclic) bond motifs is 1. The summed E-state index contributed by atoms with van der Waals surface area (Å²) in [5, 5.41) is 31.4. The molecule has 0 amide bonds. The average molecular weight is 398 g/mol. The molecule has 0 radical (unpaired) electrons. The molecule has 1 aliphatic rings. The molecule has 4 rings (SSSR count). The van der Waals surface area contributed by atoms with Gasteiger partial charge in [-0.25, -0.2) is 4.63 Å². The summed E-state index contributed by atoms with van der Waals surface area (Å²) in [6.45, 7) is 3.54. The Morgan fingerprint density at radius 1 is 1.10 bits per heavy atom. The molecule has 0 unspecified atom stereocenters. The highest BCUT2D eigenvalue weighted by atomic mass is 16.6. The number of rotatable bonds is 7. The van der Waals surface area contributed by atoms with Crippen LogP contribution in [0.4, 0.5) is 22.7 Å². The fourth-order valence-electron chi connectivity index (χ4n) is 3.62. The van der Waals surface area contributed by atoms with E-state index in [1.807, 2.05) is 18.2 Å². The van der Waals surface area contributed by atoms with E-state index in [4.69, 9.17) is 9.74 Å². The molecule has 2 aromatic carbocycles. The SMILES string of the molecule is O=[N+]([O-])c1c(NCCCO)cc(N2CCN(c3ccccc3)CC2)c2nonc12. The molecule has 1 fully saturated rings. The molecule has 152 valence electrons. The Morgan fingerprint density at radius 3 is 2.48 bits per heavy atom. The van der Waals surface area contributed by atoms with E-state index in [0.717, 1.165) is 31.9 Å². The van der Waals surface area contributed by atoms with Crippen molar-refractivity contribution in [1.82, 2.24) is 10.3 Å². The van der Waals surface area contributed by atoms with E-state index < -0.39 is 4.92 Å². The number of hydrogen-bond acceptors (Lipinski definition) is 9. The largest absolute Gasteiger partial charge is 0.396 e. The molecule has 1 saturated heterocycles. The third kappa shape index (κ3) is 3.79. The Balaban J connectivity index is 1.63. The summed E-state index contributed by atoms with van der Waals surface area (Å²) in [5.74, 6) is 0. The second-order valence-electron chi connectivity index (χ2n) is 6.82. The molecule has 2 N–H and O–H groups in total. The minimum absolute atomic E-state index is 0.00284. The molecule has 0 aliphatic carbocycles. The van der Waals surface area contributed by atoms with Crippen molar-refractivity contribution in [3.8, 4) is 0 Å². The number of nitro benzene ring substituents is 1. The standard InChI is InChI=1S/C19H22N6O4/c26-12-4-7-20-15-13-16(17-18(22-29-21-17)19(15)25(27)28)24-10-8-23(9-11-24)14-5-2-1-3-6-14/h1-3,5-6,13,20,26H,4,7-12H2. The van der Waals surface area contributed by atoms with Crippen LogP contribution in [0.25, 0.3) is 11.0 Å². The fraction of sp³-hybridized carbons (Fsp3) is 0.368. The van der Waals surface area contributed by atoms with Gasteiger partial charge < -0.3 is 20.2 Å². The number of nitro groups is 1. The van der Waals surface area contributed by atoms with Crippen molar-refractivity contribution in [2.24, 2.45) is 0 Å². The first kappa shape index (κ1) is 18.9. The summed E-state index contributed by atoms with van der Waals surface area (Å²) in [5.41, 5.74) is 2.64. The van der Waals surface area contributed by atoms with Crippen LogP contribution in [-0.2, 0) is 0 Å². The highest BCUT2D eigenvalue weighted by Gasteiger charge is 2.29. The summed E-state index contributed by atoms with van der Waals surface area (Å²) < 4.78 is 4.85. The van der Waals surface area contributed by atoms with Crippen molar-refractivity contribution in [3.63, 3.8) is 0 Å². The Morgan fingerprint density at radius 2 is 1.79 bits per heavy atom. The maximum absolute atomic E-state index is 11.6. The summed E-state index contributed by atoms with van der Waals surface area (Å²) in [7, 11) is 0. The topological polar surface area (TPSA) is 121 Å². The summed E-state index contributed by atoms with van der Waals surface area (Å²) in [6.07, 6.45) is 0.483. The number of nitrogens with one attached hydrogen (secondary N) is 1. The number of anilines is 3. The number of hydrogen-bond donors (Lipinski definition) is 2. The van der Waals surface area contributed by atoms with E-state index in [1.165, 1.54) is 5.69 Å². The van der Waals surface area contributed by atoms with Crippen molar-refractivity contribution in [2.75, 3.05) is 54.4 Å². The third-order valence-electron chi connectivity index (χ3n) is 5.07. The smallest absolute Gasteiger partial charge is 0.323 e. The second-order valence-corrected chi connectivity index (χ2v) is 6.82. The number of para-hydroxylation sites is 1. The highest BCUT2D eigenvalue weighted by Crippen LogP contribution is 2.38. The molecule has 0 spiro atoms. The van der Waals surface area contributed by atoms with Crippen LogP contribution >= 0.6 is 0 Å². The molecule has 0 atom stereocenters. The van der Waals surface area contributed by atoms with Gasteiger partial charge in [-0.3, -0.25) is 10.1 Å². The number of aliphatic hydroxyl groups is 1. The molecule has 0 bridgehead atoms. The van der Waals surface area contributed by atoms with Crippen LogP contribution in [0.1, 0.15) is 6.42 Å². The van der Waals surface area contributed by atoms with Gasteiger partial charge in [0.25, 0.3) is 0 Å². The molecule has 10 nitrogen and oxygen atoms in total. The number of aliphatic hydroxyl groups excluding tert-OH is 1. The third-order valence-corrected chi connectivity index (χ3v) is 5.07. The molecule has 2 heterocycles. The molecule has 1 aliphatic heterocycles. The van der Waals surface area contributed by atoms with Crippen LogP contribution in [-0.4, -0.2) is 59.7 Å². The van der Waals surface area contributed by atoms with Gasteiger partial charge in [-0.1, -0.05) is 18.2 Å². The van der Waals surface area contributed by atoms with Crippen LogP contribution in [0.5, 0.6) is 0 Å². The van der Waals surface area contributed by atoms with Crippen LogP contribution in [0.3, 0.4) is 0 Å². The van der Waals surface area contributed by atoms with Crippen molar-refractivity contribution in [3.05, 3.63) is 46.5 Å². The van der Waals surface area contributed by atoms with E-state index in [9.17, 15) is 10.1 Å². The molecular formula is C19H22N6O4. The average Bonchev–Trinajstić information content (AvgIpc) is 3.23. The van der Waals surface area contributed by atoms with Gasteiger partial charge in [-0.15, -0.1) is 0 Å². The molecule has 10 heteroatoms. The Hall–Kier alpha value is -3.40. The van der Waals surface area contributed by atoms with E-state index in [-0.39, 0.29) is 17.8 Å². The van der Waals surface area contributed by atoms with E-state index in [1.54, 1.807) is 6.07 Å². The monoisotopic (exact) mass is 398 g/mol. The maximum atomic E-state index is 11.6. The zero-order valence-electron chi connectivity index (χ0n) is 15.8. The fourth-order valence-corrected chi connectivity index (χ4v) is 3.62. The van der Waals surface area contributed by atoms with Crippen molar-refractivity contribution < 1.29 is 14.7 Å². The first-order valence-electron chi connectivity index (χ1n) is 9.52.